The Bertz CT molecular complexity index is 2150. The molecule has 8 rings (SSSR count). The van der Waals surface area contributed by atoms with Crippen molar-refractivity contribution in [2.75, 3.05) is 11.4 Å². The van der Waals surface area contributed by atoms with Crippen molar-refractivity contribution in [1.29, 1.82) is 0 Å². The van der Waals surface area contributed by atoms with Crippen LogP contribution in [-0.4, -0.2) is 6.54 Å². The van der Waals surface area contributed by atoms with E-state index in [9.17, 15) is 0 Å². The third kappa shape index (κ3) is 4.79. The van der Waals surface area contributed by atoms with Crippen LogP contribution < -0.4 is 4.90 Å². The predicted molar refractivity (Wildman–Crippen MR) is 191 cm³/mol. The fourth-order valence-corrected chi connectivity index (χ4v) is 6.40. The van der Waals surface area contributed by atoms with Crippen LogP contribution in [0, 0.1) is 0 Å². The molecule has 0 spiro atoms. The SMILES string of the molecule is C=CCN(c1ccc(-c2ccc3cc4ccccc4cc3c2)cc1)c1ccc(-c2ccc3cc4ccccc4cc3c2)cc1. The Hall–Kier alpha value is -5.66. The number of anilines is 2. The molecule has 0 radical (unpaired) electrons. The van der Waals surface area contributed by atoms with Gasteiger partial charge in [-0.3, -0.25) is 0 Å². The van der Waals surface area contributed by atoms with Gasteiger partial charge in [0.25, 0.3) is 0 Å². The van der Waals surface area contributed by atoms with Crippen LogP contribution in [0.15, 0.2) is 170 Å². The first-order chi connectivity index (χ1) is 21.7. The molecule has 0 N–H and O–H groups in total. The van der Waals surface area contributed by atoms with Gasteiger partial charge in [-0.25, -0.2) is 0 Å². The molecule has 0 aromatic heterocycles. The Morgan fingerprint density at radius 2 is 0.705 bits per heavy atom. The summed E-state index contributed by atoms with van der Waals surface area (Å²) in [4.78, 5) is 2.31. The third-order valence-electron chi connectivity index (χ3n) is 8.75. The fourth-order valence-electron chi connectivity index (χ4n) is 6.40. The van der Waals surface area contributed by atoms with Gasteiger partial charge in [-0.1, -0.05) is 103 Å². The van der Waals surface area contributed by atoms with Crippen molar-refractivity contribution in [2.45, 2.75) is 0 Å². The molecule has 8 aromatic carbocycles. The molecule has 1 heteroatoms. The third-order valence-corrected chi connectivity index (χ3v) is 8.75. The van der Waals surface area contributed by atoms with Crippen LogP contribution in [0.1, 0.15) is 0 Å². The van der Waals surface area contributed by atoms with E-state index in [0.29, 0.717) is 0 Å². The second-order valence-electron chi connectivity index (χ2n) is 11.5. The van der Waals surface area contributed by atoms with E-state index in [0.717, 1.165) is 17.9 Å². The second-order valence-corrected chi connectivity index (χ2v) is 11.5. The topological polar surface area (TPSA) is 3.24 Å². The van der Waals surface area contributed by atoms with Gasteiger partial charge in [0, 0.05) is 17.9 Å². The first-order valence-corrected chi connectivity index (χ1v) is 15.2. The zero-order valence-electron chi connectivity index (χ0n) is 24.4. The molecule has 8 aromatic rings. The van der Waals surface area contributed by atoms with Crippen LogP contribution in [0.5, 0.6) is 0 Å². The zero-order valence-corrected chi connectivity index (χ0v) is 24.4. The van der Waals surface area contributed by atoms with E-state index >= 15 is 0 Å². The summed E-state index contributed by atoms with van der Waals surface area (Å²) in [5, 5.41) is 10.2. The summed E-state index contributed by atoms with van der Waals surface area (Å²) in [6.07, 6.45) is 1.96. The maximum absolute atomic E-state index is 4.04. The molecular weight excluding hydrogens is 530 g/mol. The lowest BCUT2D eigenvalue weighted by Gasteiger charge is -2.24. The summed E-state index contributed by atoms with van der Waals surface area (Å²) >= 11 is 0. The lowest BCUT2D eigenvalue weighted by molar-refractivity contribution is 1.10. The number of fused-ring (bicyclic) bond motifs is 4. The Morgan fingerprint density at radius 3 is 1.09 bits per heavy atom. The van der Waals surface area contributed by atoms with Gasteiger partial charge in [-0.05, 0) is 126 Å². The molecule has 0 saturated carbocycles. The first kappa shape index (κ1) is 26.0. The van der Waals surface area contributed by atoms with Crippen molar-refractivity contribution in [3.05, 3.63) is 170 Å². The van der Waals surface area contributed by atoms with E-state index < -0.39 is 0 Å². The second kappa shape index (κ2) is 10.9. The van der Waals surface area contributed by atoms with E-state index in [-0.39, 0.29) is 0 Å². The Labute approximate surface area is 257 Å². The Balaban J connectivity index is 1.07. The highest BCUT2D eigenvalue weighted by atomic mass is 15.1. The van der Waals surface area contributed by atoms with Crippen molar-refractivity contribution >= 4 is 54.5 Å². The average Bonchev–Trinajstić information content (AvgIpc) is 3.08. The molecule has 44 heavy (non-hydrogen) atoms. The van der Waals surface area contributed by atoms with Gasteiger partial charge in [0.1, 0.15) is 0 Å². The molecule has 0 amide bonds. The standard InChI is InChI=1S/C43H31N/c1-2-23-44(42-19-15-30(16-20-42)36-11-13-38-24-32-7-3-5-9-34(32)26-40(38)28-36)43-21-17-31(18-22-43)37-12-14-39-25-33-8-4-6-10-35(33)27-41(39)29-37/h2-22,24-29H,1,23H2. The van der Waals surface area contributed by atoms with Crippen molar-refractivity contribution in [2.24, 2.45) is 0 Å². The lowest BCUT2D eigenvalue weighted by atomic mass is 9.98. The largest absolute Gasteiger partial charge is 0.338 e. The molecule has 0 bridgehead atoms. The molecule has 0 unspecified atom stereocenters. The van der Waals surface area contributed by atoms with E-state index in [1.165, 1.54) is 65.3 Å². The molecule has 0 aliphatic carbocycles. The van der Waals surface area contributed by atoms with Gasteiger partial charge in [-0.2, -0.15) is 0 Å². The highest BCUT2D eigenvalue weighted by molar-refractivity contribution is 6.01. The normalized spacial score (nSPS) is 11.4. The Morgan fingerprint density at radius 1 is 0.364 bits per heavy atom. The summed E-state index contributed by atoms with van der Waals surface area (Å²) in [5.74, 6) is 0. The molecule has 0 aliphatic heterocycles. The highest BCUT2D eigenvalue weighted by Gasteiger charge is 2.10. The monoisotopic (exact) mass is 561 g/mol. The molecule has 1 nitrogen and oxygen atoms in total. The number of benzene rings is 8. The van der Waals surface area contributed by atoms with Gasteiger partial charge in [0.05, 0.1) is 0 Å². The zero-order chi connectivity index (χ0) is 29.5. The van der Waals surface area contributed by atoms with Crippen LogP contribution in [0.25, 0.3) is 65.3 Å². The average molecular weight is 562 g/mol. The van der Waals surface area contributed by atoms with E-state index in [4.69, 9.17) is 0 Å². The van der Waals surface area contributed by atoms with Crippen LogP contribution in [0.2, 0.25) is 0 Å². The van der Waals surface area contributed by atoms with Gasteiger partial charge in [0.2, 0.25) is 0 Å². The number of hydrogen-bond acceptors (Lipinski definition) is 1. The van der Waals surface area contributed by atoms with Crippen molar-refractivity contribution in [3.8, 4) is 22.3 Å². The summed E-state index contributed by atoms with van der Waals surface area (Å²) in [7, 11) is 0. The molecular formula is C43H31N. The summed E-state index contributed by atoms with van der Waals surface area (Å²) < 4.78 is 0. The van der Waals surface area contributed by atoms with Gasteiger partial charge in [0.15, 0.2) is 0 Å². The number of nitrogens with zero attached hydrogens (tertiary/aromatic N) is 1. The molecule has 0 saturated heterocycles. The number of rotatable bonds is 6. The summed E-state index contributed by atoms with van der Waals surface area (Å²) in [6.45, 7) is 4.77. The minimum absolute atomic E-state index is 0.727. The maximum Gasteiger partial charge on any atom is 0.0414 e. The number of hydrogen-bond donors (Lipinski definition) is 0. The molecule has 0 atom stereocenters. The van der Waals surface area contributed by atoms with Gasteiger partial charge in [-0.15, -0.1) is 6.58 Å². The minimum Gasteiger partial charge on any atom is -0.338 e. The maximum atomic E-state index is 4.04. The summed E-state index contributed by atoms with van der Waals surface area (Å²) in [5.41, 5.74) is 7.16. The first-order valence-electron chi connectivity index (χ1n) is 15.2. The molecule has 0 heterocycles. The van der Waals surface area contributed by atoms with E-state index in [1.807, 2.05) is 6.08 Å². The highest BCUT2D eigenvalue weighted by Crippen LogP contribution is 2.33. The van der Waals surface area contributed by atoms with Crippen molar-refractivity contribution in [3.63, 3.8) is 0 Å². The van der Waals surface area contributed by atoms with Crippen LogP contribution in [0.4, 0.5) is 11.4 Å². The van der Waals surface area contributed by atoms with E-state index in [1.54, 1.807) is 0 Å². The van der Waals surface area contributed by atoms with Crippen LogP contribution in [0.3, 0.4) is 0 Å². The van der Waals surface area contributed by atoms with Crippen molar-refractivity contribution in [1.82, 2.24) is 0 Å². The van der Waals surface area contributed by atoms with Gasteiger partial charge < -0.3 is 4.90 Å². The predicted octanol–water partition coefficient (Wildman–Crippen LogP) is 12.0. The lowest BCUT2D eigenvalue weighted by Crippen LogP contribution is -2.16. The fraction of sp³-hybridized carbons (Fsp3) is 0.0233. The quantitative estimate of drug-likeness (QED) is 0.144. The van der Waals surface area contributed by atoms with Crippen LogP contribution >= 0.6 is 0 Å². The Kier molecular flexibility index (Phi) is 6.43. The van der Waals surface area contributed by atoms with Crippen LogP contribution in [-0.2, 0) is 0 Å². The summed E-state index contributed by atoms with van der Waals surface area (Å²) in [6, 6.07) is 57.5. The van der Waals surface area contributed by atoms with Crippen molar-refractivity contribution < 1.29 is 0 Å². The minimum atomic E-state index is 0.727. The molecule has 208 valence electrons. The molecule has 0 aliphatic rings. The van der Waals surface area contributed by atoms with Gasteiger partial charge >= 0.3 is 0 Å². The molecule has 0 fully saturated rings. The smallest absolute Gasteiger partial charge is 0.0414 e. The van der Waals surface area contributed by atoms with E-state index in [2.05, 4.69) is 169 Å².